The molecule has 0 aromatic rings. The maximum atomic E-state index is 7.85. The molecule has 0 amide bonds. The van der Waals surface area contributed by atoms with Gasteiger partial charge in [0, 0.05) is 0 Å². The Morgan fingerprint density at radius 1 is 1.71 bits per heavy atom. The van der Waals surface area contributed by atoms with Crippen LogP contribution >= 0.6 is 11.8 Å². The first-order valence-corrected chi connectivity index (χ1v) is 2.59. The van der Waals surface area contributed by atoms with E-state index in [0.717, 1.165) is 0 Å². The number of thioether (sulfide) groups is 1. The highest BCUT2D eigenvalue weighted by atomic mass is 32.2. The third kappa shape index (κ3) is 5.27. The molecule has 0 heterocycles. The lowest BCUT2D eigenvalue weighted by Crippen LogP contribution is -1.63. The molecule has 0 bridgehead atoms. The summed E-state index contributed by atoms with van der Waals surface area (Å²) in [5, 5.41) is 10.2. The lowest BCUT2D eigenvalue weighted by atomic mass is 10.8. The SMILES string of the molecule is C#CSCC#CO. The Morgan fingerprint density at radius 3 is 2.86 bits per heavy atom. The van der Waals surface area contributed by atoms with Crippen LogP contribution < -0.4 is 0 Å². The van der Waals surface area contributed by atoms with Gasteiger partial charge in [0.1, 0.15) is 6.11 Å². The van der Waals surface area contributed by atoms with Crippen molar-refractivity contribution >= 4 is 11.8 Å². The van der Waals surface area contributed by atoms with Crippen LogP contribution in [0, 0.1) is 23.7 Å². The average molecular weight is 112 g/mol. The van der Waals surface area contributed by atoms with E-state index in [-0.39, 0.29) is 0 Å². The van der Waals surface area contributed by atoms with Crippen molar-refractivity contribution in [3.8, 4) is 23.7 Å². The highest BCUT2D eigenvalue weighted by molar-refractivity contribution is 8.04. The maximum absolute atomic E-state index is 7.85. The minimum absolute atomic E-state index is 0.507. The van der Waals surface area contributed by atoms with E-state index >= 15 is 0 Å². The number of hydrogen-bond donors (Lipinski definition) is 1. The van der Waals surface area contributed by atoms with E-state index in [9.17, 15) is 0 Å². The van der Waals surface area contributed by atoms with Crippen LogP contribution in [0.4, 0.5) is 0 Å². The Bertz CT molecular complexity index is 123. The standard InChI is InChI=1S/C5H4OS/c1-2-7-5-3-4-6/h1,6H,5H2. The molecular weight excluding hydrogens is 108 g/mol. The summed E-state index contributed by atoms with van der Waals surface area (Å²) in [6.45, 7) is 0. The van der Waals surface area contributed by atoms with Gasteiger partial charge in [-0.3, -0.25) is 0 Å². The Kier molecular flexibility index (Phi) is 4.72. The van der Waals surface area contributed by atoms with Gasteiger partial charge in [0.25, 0.3) is 0 Å². The van der Waals surface area contributed by atoms with Crippen LogP contribution in [0.2, 0.25) is 0 Å². The molecule has 0 saturated carbocycles. The third-order valence-corrected chi connectivity index (χ3v) is 0.762. The van der Waals surface area contributed by atoms with Crippen molar-refractivity contribution in [1.29, 1.82) is 0 Å². The molecule has 0 aromatic heterocycles. The molecule has 7 heavy (non-hydrogen) atoms. The van der Waals surface area contributed by atoms with Gasteiger partial charge in [-0.25, -0.2) is 0 Å². The van der Waals surface area contributed by atoms with Gasteiger partial charge in [-0.2, -0.15) is 0 Å². The quantitative estimate of drug-likeness (QED) is 0.397. The first-order chi connectivity index (χ1) is 3.41. The van der Waals surface area contributed by atoms with Crippen molar-refractivity contribution < 1.29 is 5.11 Å². The molecule has 2 heteroatoms. The van der Waals surface area contributed by atoms with Gasteiger partial charge in [0.15, 0.2) is 0 Å². The molecule has 0 spiro atoms. The van der Waals surface area contributed by atoms with Crippen molar-refractivity contribution in [3.05, 3.63) is 0 Å². The van der Waals surface area contributed by atoms with Gasteiger partial charge >= 0.3 is 0 Å². The lowest BCUT2D eigenvalue weighted by Gasteiger charge is -1.71. The molecule has 0 rings (SSSR count). The lowest BCUT2D eigenvalue weighted by molar-refractivity contribution is 0.517. The summed E-state index contributed by atoms with van der Waals surface area (Å²) in [7, 11) is 0. The summed E-state index contributed by atoms with van der Waals surface area (Å²) in [5.41, 5.74) is 0. The number of aliphatic hydroxyl groups excluding tert-OH is 1. The van der Waals surface area contributed by atoms with Gasteiger partial charge in [-0.05, 0) is 11.2 Å². The molecule has 0 aliphatic heterocycles. The zero-order valence-electron chi connectivity index (χ0n) is 3.64. The smallest absolute Gasteiger partial charge is 0.108 e. The molecule has 0 saturated heterocycles. The molecule has 0 aliphatic carbocycles. The second-order valence-corrected chi connectivity index (χ2v) is 1.51. The number of aliphatic hydroxyl groups is 1. The Hall–Kier alpha value is -0.730. The van der Waals surface area contributed by atoms with Crippen LogP contribution in [0.5, 0.6) is 0 Å². The molecule has 0 aromatic carbocycles. The second kappa shape index (κ2) is 5.27. The van der Waals surface area contributed by atoms with Crippen molar-refractivity contribution in [2.75, 3.05) is 5.75 Å². The van der Waals surface area contributed by atoms with Gasteiger partial charge in [-0.1, -0.05) is 11.8 Å². The van der Waals surface area contributed by atoms with Crippen molar-refractivity contribution in [1.82, 2.24) is 0 Å². The maximum Gasteiger partial charge on any atom is 0.108 e. The molecule has 0 radical (unpaired) electrons. The summed E-state index contributed by atoms with van der Waals surface area (Å²) < 4.78 is 0. The average Bonchev–Trinajstić information content (AvgIpc) is 1.69. The van der Waals surface area contributed by atoms with Crippen molar-refractivity contribution in [3.63, 3.8) is 0 Å². The van der Waals surface area contributed by atoms with Gasteiger partial charge in [-0.15, -0.1) is 6.42 Å². The molecular formula is C5H4OS. The normalized spacial score (nSPS) is 5.57. The van der Waals surface area contributed by atoms with Crippen LogP contribution in [0.25, 0.3) is 0 Å². The van der Waals surface area contributed by atoms with E-state index in [1.165, 1.54) is 11.8 Å². The van der Waals surface area contributed by atoms with Crippen LogP contribution in [0.3, 0.4) is 0 Å². The van der Waals surface area contributed by atoms with E-state index in [0.29, 0.717) is 5.75 Å². The van der Waals surface area contributed by atoms with E-state index in [1.807, 2.05) is 0 Å². The van der Waals surface area contributed by atoms with Gasteiger partial charge in [0.05, 0.1) is 5.75 Å². The molecule has 0 aliphatic rings. The number of hydrogen-bond acceptors (Lipinski definition) is 2. The third-order valence-electron chi connectivity index (χ3n) is 0.307. The molecule has 0 unspecified atom stereocenters. The van der Waals surface area contributed by atoms with Crippen molar-refractivity contribution in [2.45, 2.75) is 0 Å². The van der Waals surface area contributed by atoms with Crippen LogP contribution in [0.15, 0.2) is 0 Å². The Morgan fingerprint density at radius 2 is 2.43 bits per heavy atom. The number of terminal acetylenes is 1. The molecule has 0 atom stereocenters. The fourth-order valence-corrected chi connectivity index (χ4v) is 0.330. The first kappa shape index (κ1) is 6.27. The molecule has 36 valence electrons. The largest absolute Gasteiger partial charge is 0.462 e. The topological polar surface area (TPSA) is 20.2 Å². The van der Waals surface area contributed by atoms with E-state index in [1.54, 1.807) is 6.11 Å². The van der Waals surface area contributed by atoms with Gasteiger partial charge < -0.3 is 5.11 Å². The summed E-state index contributed by atoms with van der Waals surface area (Å²) in [6, 6.07) is 0. The van der Waals surface area contributed by atoms with Crippen molar-refractivity contribution in [2.24, 2.45) is 0 Å². The Labute approximate surface area is 47.1 Å². The monoisotopic (exact) mass is 112 g/mol. The highest BCUT2D eigenvalue weighted by Crippen LogP contribution is 1.90. The summed E-state index contributed by atoms with van der Waals surface area (Å²) in [6.07, 6.45) is 6.57. The molecule has 1 N–H and O–H groups in total. The predicted octanol–water partition coefficient (Wildman–Crippen LogP) is 0.644. The fraction of sp³-hybridized carbons (Fsp3) is 0.200. The summed E-state index contributed by atoms with van der Waals surface area (Å²) in [5.74, 6) is 2.88. The van der Waals surface area contributed by atoms with E-state index in [4.69, 9.17) is 11.5 Å². The van der Waals surface area contributed by atoms with E-state index < -0.39 is 0 Å². The highest BCUT2D eigenvalue weighted by Gasteiger charge is 1.69. The molecule has 1 nitrogen and oxygen atoms in total. The van der Waals surface area contributed by atoms with Gasteiger partial charge in [0.2, 0.25) is 0 Å². The minimum Gasteiger partial charge on any atom is -0.462 e. The predicted molar refractivity (Wildman–Crippen MR) is 31.0 cm³/mol. The zero-order valence-corrected chi connectivity index (χ0v) is 4.46. The summed E-state index contributed by atoms with van der Waals surface area (Å²) >= 11 is 1.23. The van der Waals surface area contributed by atoms with Crippen LogP contribution in [-0.4, -0.2) is 10.9 Å². The second-order valence-electron chi connectivity index (χ2n) is 0.695. The van der Waals surface area contributed by atoms with E-state index in [2.05, 4.69) is 11.2 Å². The van der Waals surface area contributed by atoms with Crippen LogP contribution in [-0.2, 0) is 0 Å². The Balaban J connectivity index is 2.98. The van der Waals surface area contributed by atoms with Crippen LogP contribution in [0.1, 0.15) is 0 Å². The first-order valence-electron chi connectivity index (χ1n) is 1.61. The fourth-order valence-electron chi connectivity index (χ4n) is 0.110. The number of rotatable bonds is 1. The zero-order chi connectivity index (χ0) is 5.54. The summed E-state index contributed by atoms with van der Waals surface area (Å²) in [4.78, 5) is 0. The minimum atomic E-state index is 0.507. The molecule has 0 fully saturated rings.